The van der Waals surface area contributed by atoms with Gasteiger partial charge in [0.2, 0.25) is 0 Å². The van der Waals surface area contributed by atoms with Gasteiger partial charge in [-0.2, -0.15) is 0 Å². The Morgan fingerprint density at radius 2 is 1.68 bits per heavy atom. The Kier molecular flexibility index (Phi) is 3.67. The summed E-state index contributed by atoms with van der Waals surface area (Å²) in [5.41, 5.74) is 0.521. The van der Waals surface area contributed by atoms with Crippen LogP contribution >= 0.6 is 0 Å². The van der Waals surface area contributed by atoms with Crippen molar-refractivity contribution in [2.75, 3.05) is 27.3 Å². The van der Waals surface area contributed by atoms with E-state index in [0.717, 1.165) is 25.9 Å². The SMILES string of the molecule is COC(=O)C1=C(C(=O)OC)[C@](C)(N2CCCC2)[C@H]1C. The van der Waals surface area contributed by atoms with Crippen molar-refractivity contribution in [3.8, 4) is 0 Å². The van der Waals surface area contributed by atoms with E-state index in [4.69, 9.17) is 9.47 Å². The summed E-state index contributed by atoms with van der Waals surface area (Å²) >= 11 is 0. The third kappa shape index (κ3) is 1.87. The zero-order chi connectivity index (χ0) is 14.2. The number of rotatable bonds is 3. The first-order chi connectivity index (χ1) is 8.98. The highest BCUT2D eigenvalue weighted by Gasteiger charge is 2.57. The molecule has 19 heavy (non-hydrogen) atoms. The van der Waals surface area contributed by atoms with Gasteiger partial charge in [-0.15, -0.1) is 0 Å². The van der Waals surface area contributed by atoms with Crippen LogP contribution in [0.15, 0.2) is 11.1 Å². The van der Waals surface area contributed by atoms with E-state index >= 15 is 0 Å². The van der Waals surface area contributed by atoms with Crippen LogP contribution in [0, 0.1) is 5.92 Å². The zero-order valence-corrected chi connectivity index (χ0v) is 12.0. The molecule has 0 unspecified atom stereocenters. The van der Waals surface area contributed by atoms with Crippen LogP contribution in [-0.2, 0) is 19.1 Å². The minimum atomic E-state index is -0.426. The van der Waals surface area contributed by atoms with Gasteiger partial charge in [-0.1, -0.05) is 6.92 Å². The minimum absolute atomic E-state index is 0.0212. The van der Waals surface area contributed by atoms with Crippen LogP contribution in [0.5, 0.6) is 0 Å². The van der Waals surface area contributed by atoms with E-state index in [1.165, 1.54) is 14.2 Å². The number of likely N-dealkylation sites (tertiary alicyclic amines) is 1. The van der Waals surface area contributed by atoms with Crippen LogP contribution in [0.1, 0.15) is 26.7 Å². The second-order valence-electron chi connectivity index (χ2n) is 5.34. The van der Waals surface area contributed by atoms with Crippen LogP contribution in [-0.4, -0.2) is 49.7 Å². The molecule has 5 nitrogen and oxygen atoms in total. The zero-order valence-electron chi connectivity index (χ0n) is 12.0. The van der Waals surface area contributed by atoms with Crippen molar-refractivity contribution >= 4 is 11.9 Å². The van der Waals surface area contributed by atoms with Crippen LogP contribution in [0.2, 0.25) is 0 Å². The van der Waals surface area contributed by atoms with Crippen molar-refractivity contribution in [3.63, 3.8) is 0 Å². The van der Waals surface area contributed by atoms with Crippen molar-refractivity contribution < 1.29 is 19.1 Å². The molecule has 1 aliphatic carbocycles. The van der Waals surface area contributed by atoms with Gasteiger partial charge in [-0.3, -0.25) is 4.90 Å². The molecule has 0 bridgehead atoms. The van der Waals surface area contributed by atoms with Gasteiger partial charge < -0.3 is 9.47 Å². The van der Waals surface area contributed by atoms with Crippen molar-refractivity contribution in [2.24, 2.45) is 5.92 Å². The van der Waals surface area contributed by atoms with Gasteiger partial charge in [0.25, 0.3) is 0 Å². The molecule has 1 saturated heterocycles. The molecular formula is C14H21NO4. The Bertz CT molecular complexity index is 437. The van der Waals surface area contributed by atoms with E-state index < -0.39 is 17.5 Å². The smallest absolute Gasteiger partial charge is 0.336 e. The summed E-state index contributed by atoms with van der Waals surface area (Å²) < 4.78 is 9.63. The number of carbonyl (C=O) groups is 2. The summed E-state index contributed by atoms with van der Waals surface area (Å²) in [6.07, 6.45) is 2.26. The summed E-state index contributed by atoms with van der Waals surface area (Å²) in [5.74, 6) is -0.871. The molecule has 1 aliphatic heterocycles. The average Bonchev–Trinajstić information content (AvgIpc) is 2.95. The summed E-state index contributed by atoms with van der Waals surface area (Å²) in [6, 6.07) is 0. The van der Waals surface area contributed by atoms with E-state index in [1.807, 2.05) is 13.8 Å². The third-order valence-corrected chi connectivity index (χ3v) is 4.61. The van der Waals surface area contributed by atoms with Gasteiger partial charge >= 0.3 is 11.9 Å². The average molecular weight is 267 g/mol. The molecule has 0 radical (unpaired) electrons. The van der Waals surface area contributed by atoms with Gasteiger partial charge in [0.1, 0.15) is 0 Å². The maximum Gasteiger partial charge on any atom is 0.336 e. The Balaban J connectivity index is 2.43. The number of hydrogen-bond acceptors (Lipinski definition) is 5. The Hall–Kier alpha value is -1.36. The van der Waals surface area contributed by atoms with E-state index in [1.54, 1.807) is 0 Å². The number of hydrogen-bond donors (Lipinski definition) is 0. The lowest BCUT2D eigenvalue weighted by molar-refractivity contribution is -0.144. The molecule has 2 aliphatic rings. The maximum atomic E-state index is 12.0. The fraction of sp³-hybridized carbons (Fsp3) is 0.714. The van der Waals surface area contributed by atoms with E-state index in [0.29, 0.717) is 11.1 Å². The molecule has 0 saturated carbocycles. The Morgan fingerprint density at radius 1 is 1.16 bits per heavy atom. The quantitative estimate of drug-likeness (QED) is 0.718. The Labute approximate surface area is 113 Å². The van der Waals surface area contributed by atoms with E-state index in [9.17, 15) is 9.59 Å². The second kappa shape index (κ2) is 4.96. The van der Waals surface area contributed by atoms with Gasteiger partial charge in [0, 0.05) is 5.92 Å². The molecule has 0 aromatic rings. The highest BCUT2D eigenvalue weighted by atomic mass is 16.5. The highest BCUT2D eigenvalue weighted by Crippen LogP contribution is 2.50. The summed E-state index contributed by atoms with van der Waals surface area (Å²) in [7, 11) is 2.68. The standard InChI is InChI=1S/C14H21NO4/c1-9-10(12(16)18-3)11(13(17)19-4)14(9,2)15-7-5-6-8-15/h9H,5-8H2,1-4H3/t9-,14+/m0/s1. The minimum Gasteiger partial charge on any atom is -0.466 e. The fourth-order valence-electron chi connectivity index (χ4n) is 3.33. The van der Waals surface area contributed by atoms with Crippen molar-refractivity contribution in [1.29, 1.82) is 0 Å². The largest absolute Gasteiger partial charge is 0.466 e. The van der Waals surface area contributed by atoms with Gasteiger partial charge in [0.05, 0.1) is 30.9 Å². The van der Waals surface area contributed by atoms with Gasteiger partial charge in [0.15, 0.2) is 0 Å². The van der Waals surface area contributed by atoms with Crippen LogP contribution < -0.4 is 0 Å². The predicted octanol–water partition coefficient (Wildman–Crippen LogP) is 1.13. The van der Waals surface area contributed by atoms with Crippen LogP contribution in [0.25, 0.3) is 0 Å². The highest BCUT2D eigenvalue weighted by molar-refractivity contribution is 6.06. The van der Waals surface area contributed by atoms with Gasteiger partial charge in [-0.25, -0.2) is 9.59 Å². The molecule has 0 aromatic heterocycles. The van der Waals surface area contributed by atoms with E-state index in [2.05, 4.69) is 4.90 Å². The molecule has 1 heterocycles. The normalized spacial score (nSPS) is 31.1. The van der Waals surface area contributed by atoms with Crippen LogP contribution in [0.4, 0.5) is 0 Å². The van der Waals surface area contributed by atoms with Gasteiger partial charge in [-0.05, 0) is 32.9 Å². The monoisotopic (exact) mass is 267 g/mol. The van der Waals surface area contributed by atoms with Crippen molar-refractivity contribution in [2.45, 2.75) is 32.2 Å². The Morgan fingerprint density at radius 3 is 2.16 bits per heavy atom. The predicted molar refractivity (Wildman–Crippen MR) is 69.4 cm³/mol. The molecule has 2 atom stereocenters. The molecule has 0 amide bonds. The maximum absolute atomic E-state index is 12.0. The lowest BCUT2D eigenvalue weighted by Crippen LogP contribution is -2.61. The molecule has 106 valence electrons. The number of esters is 2. The summed E-state index contributed by atoms with van der Waals surface area (Å²) in [5, 5.41) is 0. The number of nitrogens with zero attached hydrogens (tertiary/aromatic N) is 1. The molecule has 0 spiro atoms. The summed E-state index contributed by atoms with van der Waals surface area (Å²) in [4.78, 5) is 26.1. The first-order valence-corrected chi connectivity index (χ1v) is 6.64. The number of carbonyl (C=O) groups excluding carboxylic acids is 2. The molecule has 1 fully saturated rings. The molecular weight excluding hydrogens is 246 g/mol. The van der Waals surface area contributed by atoms with Crippen molar-refractivity contribution in [1.82, 2.24) is 4.90 Å². The first-order valence-electron chi connectivity index (χ1n) is 6.64. The molecule has 2 rings (SSSR count). The molecule has 5 heteroatoms. The number of methoxy groups -OCH3 is 2. The topological polar surface area (TPSA) is 55.8 Å². The fourth-order valence-corrected chi connectivity index (χ4v) is 3.33. The van der Waals surface area contributed by atoms with Crippen LogP contribution in [0.3, 0.4) is 0 Å². The lowest BCUT2D eigenvalue weighted by atomic mass is 9.62. The van der Waals surface area contributed by atoms with E-state index in [-0.39, 0.29) is 5.92 Å². The number of ether oxygens (including phenoxy) is 2. The third-order valence-electron chi connectivity index (χ3n) is 4.61. The second-order valence-corrected chi connectivity index (χ2v) is 5.34. The first kappa shape index (κ1) is 14.1. The summed E-state index contributed by atoms with van der Waals surface area (Å²) in [6.45, 7) is 5.89. The molecule has 0 N–H and O–H groups in total. The lowest BCUT2D eigenvalue weighted by Gasteiger charge is -2.52. The van der Waals surface area contributed by atoms with Crippen molar-refractivity contribution in [3.05, 3.63) is 11.1 Å². The molecule has 0 aromatic carbocycles.